The molecule has 1 heterocycles. The molecule has 0 aliphatic carbocycles. The number of nitro benzene ring substituents is 1. The Morgan fingerprint density at radius 2 is 2.28 bits per heavy atom. The highest BCUT2D eigenvalue weighted by atomic mass is 35.5. The van der Waals surface area contributed by atoms with E-state index < -0.39 is 4.92 Å². The van der Waals surface area contributed by atoms with E-state index in [4.69, 9.17) is 16.7 Å². The zero-order valence-corrected chi connectivity index (χ0v) is 9.91. The first kappa shape index (κ1) is 12.5. The van der Waals surface area contributed by atoms with Gasteiger partial charge in [0, 0.05) is 6.07 Å². The lowest BCUT2D eigenvalue weighted by atomic mass is 10.2. The van der Waals surface area contributed by atoms with Crippen molar-refractivity contribution in [1.29, 1.82) is 0 Å². The van der Waals surface area contributed by atoms with Crippen LogP contribution in [-0.2, 0) is 13.2 Å². The molecule has 0 fully saturated rings. The first-order valence-corrected chi connectivity index (χ1v) is 5.41. The molecule has 7 nitrogen and oxygen atoms in total. The summed E-state index contributed by atoms with van der Waals surface area (Å²) >= 11 is 5.95. The van der Waals surface area contributed by atoms with Gasteiger partial charge in [-0.3, -0.25) is 10.1 Å². The average molecular weight is 269 g/mol. The van der Waals surface area contributed by atoms with Crippen LogP contribution in [0, 0.1) is 10.1 Å². The van der Waals surface area contributed by atoms with Gasteiger partial charge in [0.15, 0.2) is 0 Å². The fourth-order valence-corrected chi connectivity index (χ4v) is 1.75. The van der Waals surface area contributed by atoms with Gasteiger partial charge in [0.1, 0.15) is 5.69 Å². The Bertz CT molecular complexity index is 584. The smallest absolute Gasteiger partial charge is 0.275 e. The van der Waals surface area contributed by atoms with Crippen molar-refractivity contribution in [2.75, 3.05) is 0 Å². The normalized spacial score (nSPS) is 10.6. The molecule has 0 atom stereocenters. The van der Waals surface area contributed by atoms with E-state index in [1.807, 2.05) is 0 Å². The monoisotopic (exact) mass is 268 g/mol. The third-order valence-electron chi connectivity index (χ3n) is 2.36. The van der Waals surface area contributed by atoms with Crippen LogP contribution in [0.3, 0.4) is 0 Å². The number of aliphatic hydroxyl groups is 1. The van der Waals surface area contributed by atoms with Crippen LogP contribution in [0.15, 0.2) is 24.4 Å². The molecule has 1 aromatic carbocycles. The summed E-state index contributed by atoms with van der Waals surface area (Å²) < 4.78 is 1.39. The summed E-state index contributed by atoms with van der Waals surface area (Å²) in [5.74, 6) is 0. The topological polar surface area (TPSA) is 94.1 Å². The minimum atomic E-state index is -0.495. The van der Waals surface area contributed by atoms with E-state index in [0.29, 0.717) is 16.3 Å². The lowest BCUT2D eigenvalue weighted by Crippen LogP contribution is -2.04. The van der Waals surface area contributed by atoms with Gasteiger partial charge in [-0.1, -0.05) is 22.9 Å². The van der Waals surface area contributed by atoms with Gasteiger partial charge in [-0.15, -0.1) is 5.10 Å². The number of nitro groups is 1. The Kier molecular flexibility index (Phi) is 3.54. The maximum atomic E-state index is 10.9. The van der Waals surface area contributed by atoms with Crippen LogP contribution in [0.5, 0.6) is 0 Å². The molecule has 2 aromatic rings. The molecule has 1 aromatic heterocycles. The van der Waals surface area contributed by atoms with E-state index in [2.05, 4.69) is 10.3 Å². The third-order valence-corrected chi connectivity index (χ3v) is 2.71. The maximum absolute atomic E-state index is 10.9. The molecule has 0 unspecified atom stereocenters. The minimum absolute atomic E-state index is 0.0662. The zero-order valence-electron chi connectivity index (χ0n) is 9.15. The van der Waals surface area contributed by atoms with Gasteiger partial charge in [0.05, 0.1) is 34.9 Å². The van der Waals surface area contributed by atoms with Crippen molar-refractivity contribution >= 4 is 17.3 Å². The number of hydrogen-bond acceptors (Lipinski definition) is 5. The number of aromatic nitrogens is 3. The SMILES string of the molecule is O=[N+]([O-])c1cccc(Cl)c1Cn1cc(CO)nn1. The number of rotatable bonds is 4. The van der Waals surface area contributed by atoms with Crippen molar-refractivity contribution in [1.82, 2.24) is 15.0 Å². The molecule has 18 heavy (non-hydrogen) atoms. The number of halogens is 1. The number of nitrogens with zero attached hydrogens (tertiary/aromatic N) is 4. The van der Waals surface area contributed by atoms with Crippen LogP contribution in [0.25, 0.3) is 0 Å². The number of hydrogen-bond donors (Lipinski definition) is 1. The molecule has 0 radical (unpaired) electrons. The quantitative estimate of drug-likeness (QED) is 0.668. The molecule has 0 aliphatic heterocycles. The third kappa shape index (κ3) is 2.47. The summed E-state index contributed by atoms with van der Waals surface area (Å²) in [5, 5.41) is 27.5. The summed E-state index contributed by atoms with van der Waals surface area (Å²) in [6.07, 6.45) is 1.51. The standard InChI is InChI=1S/C10H9ClN4O3/c11-9-2-1-3-10(15(17)18)8(9)5-14-4-7(6-16)12-13-14/h1-4,16H,5-6H2. The van der Waals surface area contributed by atoms with Crippen LogP contribution in [0.4, 0.5) is 5.69 Å². The van der Waals surface area contributed by atoms with Crippen molar-refractivity contribution in [3.8, 4) is 0 Å². The second-order valence-electron chi connectivity index (χ2n) is 3.56. The molecule has 94 valence electrons. The fourth-order valence-electron chi connectivity index (χ4n) is 1.53. The van der Waals surface area contributed by atoms with Gasteiger partial charge in [-0.05, 0) is 6.07 Å². The Labute approximate surface area is 107 Å². The van der Waals surface area contributed by atoms with Gasteiger partial charge in [-0.2, -0.15) is 0 Å². The molecule has 1 N–H and O–H groups in total. The van der Waals surface area contributed by atoms with Crippen LogP contribution >= 0.6 is 11.6 Å². The summed E-state index contributed by atoms with van der Waals surface area (Å²) in [7, 11) is 0. The van der Waals surface area contributed by atoms with Gasteiger partial charge in [0.25, 0.3) is 5.69 Å². The lowest BCUT2D eigenvalue weighted by Gasteiger charge is -2.04. The zero-order chi connectivity index (χ0) is 13.1. The van der Waals surface area contributed by atoms with Gasteiger partial charge in [0.2, 0.25) is 0 Å². The maximum Gasteiger partial charge on any atom is 0.275 e. The summed E-state index contributed by atoms with van der Waals surface area (Å²) in [4.78, 5) is 10.4. The lowest BCUT2D eigenvalue weighted by molar-refractivity contribution is -0.385. The molecule has 8 heteroatoms. The molecule has 0 spiro atoms. The highest BCUT2D eigenvalue weighted by molar-refractivity contribution is 6.31. The second kappa shape index (κ2) is 5.11. The predicted molar refractivity (Wildman–Crippen MR) is 63.2 cm³/mol. The Hall–Kier alpha value is -1.99. The first-order chi connectivity index (χ1) is 8.61. The largest absolute Gasteiger partial charge is 0.390 e. The molecule has 0 saturated heterocycles. The van der Waals surface area contributed by atoms with E-state index in [9.17, 15) is 10.1 Å². The average Bonchev–Trinajstić information content (AvgIpc) is 2.79. The van der Waals surface area contributed by atoms with Crippen molar-refractivity contribution in [2.24, 2.45) is 0 Å². The van der Waals surface area contributed by atoms with E-state index in [-0.39, 0.29) is 18.8 Å². The minimum Gasteiger partial charge on any atom is -0.390 e. The highest BCUT2D eigenvalue weighted by Crippen LogP contribution is 2.26. The summed E-state index contributed by atoms with van der Waals surface area (Å²) in [6.45, 7) is -0.104. The number of aliphatic hydroxyl groups excluding tert-OH is 1. The number of benzene rings is 1. The summed E-state index contributed by atoms with van der Waals surface area (Å²) in [6, 6.07) is 4.48. The predicted octanol–water partition coefficient (Wildman–Crippen LogP) is 1.38. The molecular formula is C10H9ClN4O3. The van der Waals surface area contributed by atoms with Gasteiger partial charge < -0.3 is 5.11 Å². The van der Waals surface area contributed by atoms with Gasteiger partial charge >= 0.3 is 0 Å². The van der Waals surface area contributed by atoms with E-state index in [0.717, 1.165) is 0 Å². The Morgan fingerprint density at radius 3 is 2.89 bits per heavy atom. The Balaban J connectivity index is 2.36. The van der Waals surface area contributed by atoms with Crippen LogP contribution < -0.4 is 0 Å². The highest BCUT2D eigenvalue weighted by Gasteiger charge is 2.17. The Morgan fingerprint density at radius 1 is 1.50 bits per heavy atom. The molecule has 2 rings (SSSR count). The van der Waals surface area contributed by atoms with Crippen molar-refractivity contribution < 1.29 is 10.0 Å². The van der Waals surface area contributed by atoms with Crippen molar-refractivity contribution in [2.45, 2.75) is 13.2 Å². The molecular weight excluding hydrogens is 260 g/mol. The molecule has 0 amide bonds. The van der Waals surface area contributed by atoms with Crippen molar-refractivity contribution in [3.05, 3.63) is 50.8 Å². The van der Waals surface area contributed by atoms with E-state index in [1.165, 1.54) is 23.0 Å². The molecule has 0 bridgehead atoms. The van der Waals surface area contributed by atoms with Crippen LogP contribution in [0.2, 0.25) is 5.02 Å². The fraction of sp³-hybridized carbons (Fsp3) is 0.200. The van der Waals surface area contributed by atoms with E-state index >= 15 is 0 Å². The van der Waals surface area contributed by atoms with Crippen LogP contribution in [0.1, 0.15) is 11.3 Å². The second-order valence-corrected chi connectivity index (χ2v) is 3.97. The van der Waals surface area contributed by atoms with Gasteiger partial charge in [-0.25, -0.2) is 4.68 Å². The molecule has 0 aliphatic rings. The van der Waals surface area contributed by atoms with Crippen molar-refractivity contribution in [3.63, 3.8) is 0 Å². The van der Waals surface area contributed by atoms with E-state index in [1.54, 1.807) is 6.07 Å². The van der Waals surface area contributed by atoms with Crippen LogP contribution in [-0.4, -0.2) is 25.0 Å². The summed E-state index contributed by atoms with van der Waals surface area (Å²) in [5.41, 5.74) is 0.687. The molecule has 0 saturated carbocycles. The first-order valence-electron chi connectivity index (χ1n) is 5.03.